The van der Waals surface area contributed by atoms with E-state index in [2.05, 4.69) is 32.5 Å². The van der Waals surface area contributed by atoms with E-state index in [9.17, 15) is 5.11 Å². The zero-order valence-corrected chi connectivity index (χ0v) is 13.2. The SMILES string of the molecule is CCCNc1nc(NC(C)C(CO)SC)nc(OC)n1. The highest BCUT2D eigenvalue weighted by atomic mass is 32.2. The van der Waals surface area contributed by atoms with Gasteiger partial charge in [0.25, 0.3) is 0 Å². The summed E-state index contributed by atoms with van der Waals surface area (Å²) in [5.74, 6) is 0.925. The van der Waals surface area contributed by atoms with E-state index in [0.29, 0.717) is 11.9 Å². The summed E-state index contributed by atoms with van der Waals surface area (Å²) in [6.07, 6.45) is 2.94. The fourth-order valence-electron chi connectivity index (χ4n) is 1.56. The molecule has 2 unspecified atom stereocenters. The number of aliphatic hydroxyl groups excluding tert-OH is 1. The lowest BCUT2D eigenvalue weighted by atomic mass is 10.2. The number of nitrogens with zero attached hydrogens (tertiary/aromatic N) is 3. The Balaban J connectivity index is 2.82. The lowest BCUT2D eigenvalue weighted by Crippen LogP contribution is -2.31. The average Bonchev–Trinajstić information content (AvgIpc) is 2.46. The van der Waals surface area contributed by atoms with Gasteiger partial charge in [-0.15, -0.1) is 0 Å². The maximum atomic E-state index is 9.29. The molecule has 1 aromatic rings. The molecular weight excluding hydrogens is 278 g/mol. The van der Waals surface area contributed by atoms with E-state index < -0.39 is 0 Å². The van der Waals surface area contributed by atoms with Crippen molar-refractivity contribution in [2.45, 2.75) is 31.6 Å². The van der Waals surface area contributed by atoms with Crippen LogP contribution in [0.25, 0.3) is 0 Å². The van der Waals surface area contributed by atoms with Crippen LogP contribution in [0.1, 0.15) is 20.3 Å². The van der Waals surface area contributed by atoms with Crippen molar-refractivity contribution >= 4 is 23.7 Å². The predicted molar refractivity (Wildman–Crippen MR) is 82.6 cm³/mol. The summed E-state index contributed by atoms with van der Waals surface area (Å²) in [4.78, 5) is 12.6. The van der Waals surface area contributed by atoms with Crippen LogP contribution < -0.4 is 15.4 Å². The average molecular weight is 301 g/mol. The van der Waals surface area contributed by atoms with Gasteiger partial charge in [-0.1, -0.05) is 6.92 Å². The Labute approximate surface area is 124 Å². The second-order valence-corrected chi connectivity index (χ2v) is 5.36. The lowest BCUT2D eigenvalue weighted by Gasteiger charge is -2.21. The smallest absolute Gasteiger partial charge is 0.322 e. The van der Waals surface area contributed by atoms with E-state index in [-0.39, 0.29) is 23.9 Å². The molecule has 8 heteroatoms. The molecule has 0 bridgehead atoms. The van der Waals surface area contributed by atoms with Crippen molar-refractivity contribution in [3.8, 4) is 6.01 Å². The van der Waals surface area contributed by atoms with E-state index >= 15 is 0 Å². The van der Waals surface area contributed by atoms with E-state index in [1.54, 1.807) is 11.8 Å². The maximum absolute atomic E-state index is 9.29. The van der Waals surface area contributed by atoms with Gasteiger partial charge >= 0.3 is 6.01 Å². The number of aliphatic hydroxyl groups is 1. The number of ether oxygens (including phenoxy) is 1. The van der Waals surface area contributed by atoms with Crippen molar-refractivity contribution in [3.63, 3.8) is 0 Å². The van der Waals surface area contributed by atoms with Crippen molar-refractivity contribution in [2.75, 3.05) is 37.2 Å². The monoisotopic (exact) mass is 301 g/mol. The molecule has 0 fully saturated rings. The molecule has 0 saturated carbocycles. The van der Waals surface area contributed by atoms with Crippen molar-refractivity contribution < 1.29 is 9.84 Å². The van der Waals surface area contributed by atoms with E-state index in [1.165, 1.54) is 7.11 Å². The van der Waals surface area contributed by atoms with Gasteiger partial charge in [0.2, 0.25) is 11.9 Å². The minimum Gasteiger partial charge on any atom is -0.467 e. The molecule has 1 aromatic heterocycles. The van der Waals surface area contributed by atoms with Crippen LogP contribution in [0.5, 0.6) is 6.01 Å². The summed E-state index contributed by atoms with van der Waals surface area (Å²) < 4.78 is 5.07. The molecule has 1 heterocycles. The third kappa shape index (κ3) is 5.01. The largest absolute Gasteiger partial charge is 0.467 e. The Hall–Kier alpha value is -1.28. The second-order valence-electron chi connectivity index (χ2n) is 4.29. The fraction of sp³-hybridized carbons (Fsp3) is 0.750. The number of hydrogen-bond donors (Lipinski definition) is 3. The number of thioether (sulfide) groups is 1. The molecule has 20 heavy (non-hydrogen) atoms. The van der Waals surface area contributed by atoms with Gasteiger partial charge in [0.05, 0.1) is 13.7 Å². The van der Waals surface area contributed by atoms with Gasteiger partial charge < -0.3 is 20.5 Å². The predicted octanol–water partition coefficient (Wildman–Crippen LogP) is 1.23. The third-order valence-electron chi connectivity index (χ3n) is 2.73. The van der Waals surface area contributed by atoms with E-state index in [1.807, 2.05) is 13.2 Å². The molecule has 0 aliphatic carbocycles. The first-order chi connectivity index (χ1) is 9.64. The molecule has 114 valence electrons. The first kappa shape index (κ1) is 16.8. The van der Waals surface area contributed by atoms with Crippen molar-refractivity contribution in [3.05, 3.63) is 0 Å². The molecule has 2 atom stereocenters. The molecule has 3 N–H and O–H groups in total. The molecule has 7 nitrogen and oxygen atoms in total. The normalized spacial score (nSPS) is 13.7. The van der Waals surface area contributed by atoms with Gasteiger partial charge in [0.1, 0.15) is 0 Å². The van der Waals surface area contributed by atoms with Crippen molar-refractivity contribution in [1.29, 1.82) is 0 Å². The summed E-state index contributed by atoms with van der Waals surface area (Å²) >= 11 is 1.59. The van der Waals surface area contributed by atoms with Gasteiger partial charge in [-0.05, 0) is 19.6 Å². The number of nitrogens with one attached hydrogen (secondary N) is 2. The van der Waals surface area contributed by atoms with Crippen molar-refractivity contribution in [1.82, 2.24) is 15.0 Å². The van der Waals surface area contributed by atoms with Gasteiger partial charge in [0, 0.05) is 17.8 Å². The Morgan fingerprint density at radius 3 is 2.55 bits per heavy atom. The highest BCUT2D eigenvalue weighted by Gasteiger charge is 2.17. The Bertz CT molecular complexity index is 403. The molecule has 1 rings (SSSR count). The van der Waals surface area contributed by atoms with Crippen LogP contribution in [0.4, 0.5) is 11.9 Å². The highest BCUT2D eigenvalue weighted by Crippen LogP contribution is 2.16. The second kappa shape index (κ2) is 8.80. The summed E-state index contributed by atoms with van der Waals surface area (Å²) in [6.45, 7) is 4.93. The van der Waals surface area contributed by atoms with Crippen LogP contribution >= 0.6 is 11.8 Å². The molecule has 0 aliphatic rings. The first-order valence-corrected chi connectivity index (χ1v) is 7.87. The van der Waals surface area contributed by atoms with Crippen LogP contribution in [-0.2, 0) is 0 Å². The standard InChI is InChI=1S/C12H23N5O2S/c1-5-6-13-10-15-11(17-12(16-10)19-3)14-8(2)9(7-18)20-4/h8-9,18H,5-7H2,1-4H3,(H2,13,14,15,16,17). The fourth-order valence-corrected chi connectivity index (χ4v) is 2.19. The van der Waals surface area contributed by atoms with Gasteiger partial charge in [-0.25, -0.2) is 0 Å². The van der Waals surface area contributed by atoms with E-state index in [0.717, 1.165) is 13.0 Å². The maximum Gasteiger partial charge on any atom is 0.322 e. The molecule has 0 aliphatic heterocycles. The number of methoxy groups -OCH3 is 1. The summed E-state index contributed by atoms with van der Waals surface area (Å²) in [7, 11) is 1.52. The quantitative estimate of drug-likeness (QED) is 0.627. The van der Waals surface area contributed by atoms with Gasteiger partial charge in [0.15, 0.2) is 0 Å². The molecular formula is C12H23N5O2S. The summed E-state index contributed by atoms with van der Waals surface area (Å²) in [6, 6.07) is 0.291. The molecule has 0 amide bonds. The summed E-state index contributed by atoms with van der Waals surface area (Å²) in [5.41, 5.74) is 0. The van der Waals surface area contributed by atoms with Crippen LogP contribution in [0.2, 0.25) is 0 Å². The minimum absolute atomic E-state index is 0.0288. The van der Waals surface area contributed by atoms with Gasteiger partial charge in [-0.2, -0.15) is 26.7 Å². The number of aromatic nitrogens is 3. The topological polar surface area (TPSA) is 92.2 Å². The molecule has 0 radical (unpaired) electrons. The zero-order chi connectivity index (χ0) is 15.0. The third-order valence-corrected chi connectivity index (χ3v) is 3.89. The Morgan fingerprint density at radius 1 is 1.30 bits per heavy atom. The van der Waals surface area contributed by atoms with Crippen molar-refractivity contribution in [2.24, 2.45) is 0 Å². The molecule has 0 aromatic carbocycles. The van der Waals surface area contributed by atoms with Crippen LogP contribution in [-0.4, -0.2) is 57.9 Å². The molecule has 0 saturated heterocycles. The van der Waals surface area contributed by atoms with E-state index in [4.69, 9.17) is 4.74 Å². The van der Waals surface area contributed by atoms with Gasteiger partial charge in [-0.3, -0.25) is 0 Å². The lowest BCUT2D eigenvalue weighted by molar-refractivity contribution is 0.288. The Morgan fingerprint density at radius 2 is 2.00 bits per heavy atom. The molecule has 0 spiro atoms. The zero-order valence-electron chi connectivity index (χ0n) is 12.4. The number of anilines is 2. The Kier molecular flexibility index (Phi) is 7.38. The number of rotatable bonds is 9. The van der Waals surface area contributed by atoms with Crippen LogP contribution in [0.15, 0.2) is 0 Å². The summed E-state index contributed by atoms with van der Waals surface area (Å²) in [5, 5.41) is 15.6. The highest BCUT2D eigenvalue weighted by molar-refractivity contribution is 7.99. The minimum atomic E-state index is 0.0288. The van der Waals surface area contributed by atoms with Crippen LogP contribution in [0, 0.1) is 0 Å². The van der Waals surface area contributed by atoms with Crippen LogP contribution in [0.3, 0.4) is 0 Å². The number of hydrogen-bond acceptors (Lipinski definition) is 8. The first-order valence-electron chi connectivity index (χ1n) is 6.58.